The zero-order chi connectivity index (χ0) is 19.6. The van der Waals surface area contributed by atoms with Crippen molar-refractivity contribution in [1.29, 1.82) is 0 Å². The third kappa shape index (κ3) is 15.4. The van der Waals surface area contributed by atoms with E-state index in [4.69, 9.17) is 0 Å². The van der Waals surface area contributed by atoms with Gasteiger partial charge in [0.1, 0.15) is 0 Å². The summed E-state index contributed by atoms with van der Waals surface area (Å²) in [5.74, 6) is 1.86. The summed E-state index contributed by atoms with van der Waals surface area (Å²) in [4.78, 5) is 0. The maximum atomic E-state index is 3.67. The Labute approximate surface area is 170 Å². The van der Waals surface area contributed by atoms with Crippen molar-refractivity contribution in [3.8, 4) is 0 Å². The van der Waals surface area contributed by atoms with Gasteiger partial charge in [-0.05, 0) is 110 Å². The summed E-state index contributed by atoms with van der Waals surface area (Å²) in [6.07, 6.45) is 13.2. The molecule has 1 fully saturated rings. The second kappa shape index (κ2) is 17.9. The van der Waals surface area contributed by atoms with E-state index in [9.17, 15) is 0 Å². The average Bonchev–Trinajstić information content (AvgIpc) is 3.41. The molecule has 3 atom stereocenters. The molecule has 0 bridgehead atoms. The first-order valence-corrected chi connectivity index (χ1v) is 12.1. The van der Waals surface area contributed by atoms with Crippen LogP contribution in [0.2, 0.25) is 0 Å². The van der Waals surface area contributed by atoms with Gasteiger partial charge < -0.3 is 21.3 Å². The van der Waals surface area contributed by atoms with E-state index >= 15 is 0 Å². The SMILES string of the molecule is CCCCCNCCCCNCC1CC1CNCCCCNC(C)CCC. The van der Waals surface area contributed by atoms with Crippen molar-refractivity contribution in [3.05, 3.63) is 0 Å². The molecule has 27 heavy (non-hydrogen) atoms. The van der Waals surface area contributed by atoms with Crippen molar-refractivity contribution >= 4 is 0 Å². The van der Waals surface area contributed by atoms with Gasteiger partial charge in [0, 0.05) is 6.04 Å². The van der Waals surface area contributed by atoms with E-state index in [0.717, 1.165) is 11.8 Å². The van der Waals surface area contributed by atoms with Crippen molar-refractivity contribution in [2.24, 2.45) is 11.8 Å². The Morgan fingerprint density at radius 3 is 1.74 bits per heavy atom. The third-order valence-corrected chi connectivity index (χ3v) is 5.79. The van der Waals surface area contributed by atoms with Crippen LogP contribution in [-0.2, 0) is 0 Å². The van der Waals surface area contributed by atoms with E-state index in [1.165, 1.54) is 110 Å². The van der Waals surface area contributed by atoms with Gasteiger partial charge in [0.15, 0.2) is 0 Å². The Kier molecular flexibility index (Phi) is 16.5. The molecule has 1 saturated carbocycles. The molecule has 0 spiro atoms. The van der Waals surface area contributed by atoms with E-state index in [2.05, 4.69) is 42.0 Å². The lowest BCUT2D eigenvalue weighted by molar-refractivity contribution is 0.486. The minimum absolute atomic E-state index is 0.685. The van der Waals surface area contributed by atoms with Gasteiger partial charge in [-0.15, -0.1) is 0 Å². The molecule has 0 radical (unpaired) electrons. The van der Waals surface area contributed by atoms with Crippen molar-refractivity contribution in [2.45, 2.75) is 91.0 Å². The standard InChI is InChI=1S/C23H50N4/c1-4-6-7-13-24-14-8-9-15-25-19-22-18-23(22)20-26-16-10-11-17-27-21(3)12-5-2/h21-27H,4-20H2,1-3H3. The van der Waals surface area contributed by atoms with Gasteiger partial charge in [-0.1, -0.05) is 33.1 Å². The highest BCUT2D eigenvalue weighted by molar-refractivity contribution is 4.89. The lowest BCUT2D eigenvalue weighted by atomic mass is 10.2. The average molecular weight is 383 g/mol. The fourth-order valence-corrected chi connectivity index (χ4v) is 3.77. The van der Waals surface area contributed by atoms with Crippen LogP contribution in [0.15, 0.2) is 0 Å². The van der Waals surface area contributed by atoms with Crippen LogP contribution in [0.1, 0.15) is 85.0 Å². The van der Waals surface area contributed by atoms with E-state index in [1.54, 1.807) is 0 Å². The zero-order valence-corrected chi connectivity index (χ0v) is 18.8. The van der Waals surface area contributed by atoms with Crippen LogP contribution in [0.5, 0.6) is 0 Å². The van der Waals surface area contributed by atoms with Crippen LogP contribution in [0.25, 0.3) is 0 Å². The highest BCUT2D eigenvalue weighted by atomic mass is 14.9. The van der Waals surface area contributed by atoms with Gasteiger partial charge in [0.25, 0.3) is 0 Å². The lowest BCUT2D eigenvalue weighted by Crippen LogP contribution is -2.27. The van der Waals surface area contributed by atoms with Gasteiger partial charge in [-0.3, -0.25) is 0 Å². The van der Waals surface area contributed by atoms with Crippen molar-refractivity contribution < 1.29 is 0 Å². The Hall–Kier alpha value is -0.160. The van der Waals surface area contributed by atoms with E-state index in [1.807, 2.05) is 0 Å². The number of unbranched alkanes of at least 4 members (excludes halogenated alkanes) is 4. The molecule has 0 aromatic carbocycles. The highest BCUT2D eigenvalue weighted by Crippen LogP contribution is 2.36. The molecule has 0 heterocycles. The molecule has 0 aromatic rings. The first-order chi connectivity index (χ1) is 13.3. The summed E-state index contributed by atoms with van der Waals surface area (Å²) in [7, 11) is 0. The fraction of sp³-hybridized carbons (Fsp3) is 1.00. The highest BCUT2D eigenvalue weighted by Gasteiger charge is 2.35. The van der Waals surface area contributed by atoms with Gasteiger partial charge in [0.2, 0.25) is 0 Å². The summed E-state index contributed by atoms with van der Waals surface area (Å²) >= 11 is 0. The van der Waals surface area contributed by atoms with E-state index in [-0.39, 0.29) is 0 Å². The quantitative estimate of drug-likeness (QED) is 0.227. The maximum Gasteiger partial charge on any atom is 0.00386 e. The van der Waals surface area contributed by atoms with E-state index in [0.29, 0.717) is 6.04 Å². The summed E-state index contributed by atoms with van der Waals surface area (Å²) in [5.41, 5.74) is 0. The molecular formula is C23H50N4. The molecule has 3 unspecified atom stereocenters. The Morgan fingerprint density at radius 2 is 1.19 bits per heavy atom. The molecule has 0 amide bonds. The number of nitrogens with one attached hydrogen (secondary N) is 4. The molecule has 4 nitrogen and oxygen atoms in total. The maximum absolute atomic E-state index is 3.67. The predicted octanol–water partition coefficient (Wildman–Crippen LogP) is 3.92. The summed E-state index contributed by atoms with van der Waals surface area (Å²) in [6, 6.07) is 0.685. The van der Waals surface area contributed by atoms with Crippen molar-refractivity contribution in [1.82, 2.24) is 21.3 Å². The largest absolute Gasteiger partial charge is 0.317 e. The molecule has 4 heteroatoms. The number of rotatable bonds is 21. The van der Waals surface area contributed by atoms with Crippen LogP contribution in [0.3, 0.4) is 0 Å². The predicted molar refractivity (Wildman–Crippen MR) is 121 cm³/mol. The van der Waals surface area contributed by atoms with Crippen molar-refractivity contribution in [2.75, 3.05) is 45.8 Å². The second-order valence-corrected chi connectivity index (χ2v) is 8.68. The van der Waals surface area contributed by atoms with Crippen LogP contribution in [-0.4, -0.2) is 51.9 Å². The topological polar surface area (TPSA) is 48.1 Å². The molecule has 1 rings (SSSR count). The molecule has 4 N–H and O–H groups in total. The van der Waals surface area contributed by atoms with Crippen LogP contribution < -0.4 is 21.3 Å². The van der Waals surface area contributed by atoms with Crippen LogP contribution in [0.4, 0.5) is 0 Å². The molecule has 162 valence electrons. The minimum atomic E-state index is 0.685. The number of hydrogen-bond acceptors (Lipinski definition) is 4. The molecular weight excluding hydrogens is 332 g/mol. The van der Waals surface area contributed by atoms with Crippen LogP contribution >= 0.6 is 0 Å². The normalized spacial score (nSPS) is 20.1. The van der Waals surface area contributed by atoms with Gasteiger partial charge in [-0.2, -0.15) is 0 Å². The zero-order valence-electron chi connectivity index (χ0n) is 18.8. The smallest absolute Gasteiger partial charge is 0.00386 e. The summed E-state index contributed by atoms with van der Waals surface area (Å²) in [5, 5.41) is 14.5. The molecule has 1 aliphatic carbocycles. The third-order valence-electron chi connectivity index (χ3n) is 5.79. The van der Waals surface area contributed by atoms with Crippen molar-refractivity contribution in [3.63, 3.8) is 0 Å². The van der Waals surface area contributed by atoms with Crippen LogP contribution in [0, 0.1) is 11.8 Å². The van der Waals surface area contributed by atoms with Gasteiger partial charge in [-0.25, -0.2) is 0 Å². The lowest BCUT2D eigenvalue weighted by Gasteiger charge is -2.12. The Balaban J connectivity index is 1.74. The Bertz CT molecular complexity index is 311. The number of hydrogen-bond donors (Lipinski definition) is 4. The van der Waals surface area contributed by atoms with E-state index < -0.39 is 0 Å². The first-order valence-electron chi connectivity index (χ1n) is 12.1. The monoisotopic (exact) mass is 382 g/mol. The Morgan fingerprint density at radius 1 is 0.667 bits per heavy atom. The first kappa shape index (κ1) is 24.9. The molecule has 0 aromatic heterocycles. The fourth-order valence-electron chi connectivity index (χ4n) is 3.77. The molecule has 0 aliphatic heterocycles. The molecule has 0 saturated heterocycles. The minimum Gasteiger partial charge on any atom is -0.317 e. The molecule has 1 aliphatic rings. The summed E-state index contributed by atoms with van der Waals surface area (Å²) in [6.45, 7) is 15.2. The summed E-state index contributed by atoms with van der Waals surface area (Å²) < 4.78 is 0. The van der Waals surface area contributed by atoms with Gasteiger partial charge in [0.05, 0.1) is 0 Å². The second-order valence-electron chi connectivity index (χ2n) is 8.68. The van der Waals surface area contributed by atoms with Gasteiger partial charge >= 0.3 is 0 Å².